The Hall–Kier alpha value is -0.540. The Kier molecular flexibility index (Phi) is 3.32. The van der Waals surface area contributed by atoms with Crippen LogP contribution in [0, 0.1) is 0 Å². The van der Waals surface area contributed by atoms with Crippen molar-refractivity contribution in [1.29, 1.82) is 0 Å². The molecule has 1 aromatic rings. The van der Waals surface area contributed by atoms with E-state index in [4.69, 9.17) is 11.6 Å². The summed E-state index contributed by atoms with van der Waals surface area (Å²) in [6.07, 6.45) is 4.32. The van der Waals surface area contributed by atoms with Crippen molar-refractivity contribution in [3.8, 4) is 0 Å². The first-order valence-electron chi connectivity index (χ1n) is 5.63. The molecule has 1 N–H and O–H groups in total. The van der Waals surface area contributed by atoms with E-state index in [9.17, 15) is 0 Å². The van der Waals surface area contributed by atoms with Crippen molar-refractivity contribution in [2.24, 2.45) is 0 Å². The Labute approximate surface area is 95.8 Å². The third kappa shape index (κ3) is 2.18. The molecule has 0 aliphatic carbocycles. The lowest BCUT2D eigenvalue weighted by Crippen LogP contribution is -2.28. The fourth-order valence-electron chi connectivity index (χ4n) is 2.28. The number of halogens is 1. The number of nitrogens with zero attached hydrogens (tertiary/aromatic N) is 2. The van der Waals surface area contributed by atoms with Crippen LogP contribution >= 0.6 is 11.6 Å². The molecule has 0 atom stereocenters. The van der Waals surface area contributed by atoms with E-state index in [2.05, 4.69) is 28.7 Å². The molecular weight excluding hydrogens is 210 g/mol. The van der Waals surface area contributed by atoms with Crippen LogP contribution in [0.1, 0.15) is 44.3 Å². The van der Waals surface area contributed by atoms with Gasteiger partial charge in [-0.15, -0.1) is 0 Å². The van der Waals surface area contributed by atoms with Gasteiger partial charge in [-0.3, -0.25) is 0 Å². The zero-order valence-corrected chi connectivity index (χ0v) is 10.1. The van der Waals surface area contributed by atoms with Crippen LogP contribution in [-0.4, -0.2) is 22.6 Å². The van der Waals surface area contributed by atoms with Gasteiger partial charge in [0, 0.05) is 17.7 Å². The number of nitrogens with one attached hydrogen (secondary N) is 1. The Balaban J connectivity index is 2.26. The highest BCUT2D eigenvalue weighted by molar-refractivity contribution is 6.28. The Morgan fingerprint density at radius 3 is 2.73 bits per heavy atom. The van der Waals surface area contributed by atoms with Crippen molar-refractivity contribution in [3.63, 3.8) is 0 Å². The minimum absolute atomic E-state index is 0.393. The first kappa shape index (κ1) is 11.0. The van der Waals surface area contributed by atoms with Crippen molar-refractivity contribution in [2.75, 3.05) is 13.1 Å². The van der Waals surface area contributed by atoms with Gasteiger partial charge in [-0.2, -0.15) is 0 Å². The van der Waals surface area contributed by atoms with Crippen molar-refractivity contribution in [2.45, 2.75) is 38.6 Å². The molecule has 84 valence electrons. The maximum Gasteiger partial charge on any atom is 0.203 e. The van der Waals surface area contributed by atoms with Crippen molar-refractivity contribution >= 4 is 11.6 Å². The highest BCUT2D eigenvalue weighted by Gasteiger charge is 2.21. The van der Waals surface area contributed by atoms with E-state index in [0.717, 1.165) is 13.1 Å². The minimum Gasteiger partial charge on any atom is -0.317 e. The standard InChI is InChI=1S/C11H18ClN3/c1-8(2)15-10(7-14-11(15)12)9-3-5-13-6-4-9/h7-9,13H,3-6H2,1-2H3. The van der Waals surface area contributed by atoms with Gasteiger partial charge in [-0.25, -0.2) is 4.98 Å². The summed E-state index contributed by atoms with van der Waals surface area (Å²) in [4.78, 5) is 4.22. The monoisotopic (exact) mass is 227 g/mol. The summed E-state index contributed by atoms with van der Waals surface area (Å²) in [5, 5.41) is 4.00. The zero-order valence-electron chi connectivity index (χ0n) is 9.33. The number of hydrogen-bond donors (Lipinski definition) is 1. The van der Waals surface area contributed by atoms with E-state index in [0.29, 0.717) is 17.2 Å². The number of hydrogen-bond acceptors (Lipinski definition) is 2. The fraction of sp³-hybridized carbons (Fsp3) is 0.727. The smallest absolute Gasteiger partial charge is 0.203 e. The molecule has 1 aliphatic heterocycles. The van der Waals surface area contributed by atoms with Gasteiger partial charge in [-0.1, -0.05) is 0 Å². The summed E-state index contributed by atoms with van der Waals surface area (Å²) in [6, 6.07) is 0.393. The van der Waals surface area contributed by atoms with Crippen LogP contribution in [0.25, 0.3) is 0 Å². The molecule has 0 radical (unpaired) electrons. The second-order valence-corrected chi connectivity index (χ2v) is 4.78. The molecule has 1 aromatic heterocycles. The van der Waals surface area contributed by atoms with Crippen LogP contribution in [0.3, 0.4) is 0 Å². The molecule has 0 spiro atoms. The van der Waals surface area contributed by atoms with Crippen LogP contribution < -0.4 is 5.32 Å². The predicted octanol–water partition coefficient (Wildman–Crippen LogP) is 2.58. The van der Waals surface area contributed by atoms with Gasteiger partial charge in [0.25, 0.3) is 0 Å². The molecular formula is C11H18ClN3. The molecule has 4 heteroatoms. The van der Waals surface area contributed by atoms with Crippen LogP contribution in [0.4, 0.5) is 0 Å². The molecule has 2 rings (SSSR count). The molecule has 15 heavy (non-hydrogen) atoms. The van der Waals surface area contributed by atoms with E-state index >= 15 is 0 Å². The Morgan fingerprint density at radius 2 is 2.13 bits per heavy atom. The van der Waals surface area contributed by atoms with Gasteiger partial charge in [-0.05, 0) is 51.4 Å². The molecule has 0 unspecified atom stereocenters. The first-order valence-corrected chi connectivity index (χ1v) is 6.01. The topological polar surface area (TPSA) is 29.9 Å². The van der Waals surface area contributed by atoms with Gasteiger partial charge in [0.1, 0.15) is 0 Å². The van der Waals surface area contributed by atoms with Crippen LogP contribution in [0.15, 0.2) is 6.20 Å². The van der Waals surface area contributed by atoms with Gasteiger partial charge >= 0.3 is 0 Å². The minimum atomic E-state index is 0.393. The van der Waals surface area contributed by atoms with Crippen molar-refractivity contribution < 1.29 is 0 Å². The van der Waals surface area contributed by atoms with E-state index in [1.54, 1.807) is 0 Å². The third-order valence-corrected chi connectivity index (χ3v) is 3.33. The summed E-state index contributed by atoms with van der Waals surface area (Å²) in [5.74, 6) is 0.619. The molecule has 0 saturated carbocycles. The maximum atomic E-state index is 6.10. The third-order valence-electron chi connectivity index (χ3n) is 3.05. The lowest BCUT2D eigenvalue weighted by molar-refractivity contribution is 0.429. The second kappa shape index (κ2) is 4.54. The van der Waals surface area contributed by atoms with Gasteiger partial charge in [0.2, 0.25) is 5.28 Å². The van der Waals surface area contributed by atoms with E-state index in [1.807, 2.05) is 6.20 Å². The number of rotatable bonds is 2. The van der Waals surface area contributed by atoms with Gasteiger partial charge < -0.3 is 9.88 Å². The van der Waals surface area contributed by atoms with Crippen molar-refractivity contribution in [1.82, 2.24) is 14.9 Å². The molecule has 1 aliphatic rings. The molecule has 3 nitrogen and oxygen atoms in total. The van der Waals surface area contributed by atoms with E-state index in [-0.39, 0.29) is 0 Å². The quantitative estimate of drug-likeness (QED) is 0.842. The number of aromatic nitrogens is 2. The first-order chi connectivity index (χ1) is 7.20. The Bertz CT molecular complexity index is 327. The Morgan fingerprint density at radius 1 is 1.47 bits per heavy atom. The molecule has 0 aromatic carbocycles. The van der Waals surface area contributed by atoms with E-state index in [1.165, 1.54) is 18.5 Å². The summed E-state index contributed by atoms with van der Waals surface area (Å²) < 4.78 is 2.15. The molecule has 0 amide bonds. The highest BCUT2D eigenvalue weighted by Crippen LogP contribution is 2.29. The molecule has 1 fully saturated rings. The molecule has 1 saturated heterocycles. The van der Waals surface area contributed by atoms with Crippen LogP contribution in [-0.2, 0) is 0 Å². The lowest BCUT2D eigenvalue weighted by atomic mass is 9.95. The zero-order chi connectivity index (χ0) is 10.8. The largest absolute Gasteiger partial charge is 0.317 e. The fourth-order valence-corrected chi connectivity index (χ4v) is 2.62. The molecule has 2 heterocycles. The predicted molar refractivity (Wildman–Crippen MR) is 62.5 cm³/mol. The normalized spacial score (nSPS) is 18.7. The summed E-state index contributed by atoms with van der Waals surface area (Å²) in [7, 11) is 0. The van der Waals surface area contributed by atoms with Gasteiger partial charge in [0.05, 0.1) is 6.20 Å². The average Bonchev–Trinajstić information content (AvgIpc) is 2.61. The molecule has 0 bridgehead atoms. The summed E-state index contributed by atoms with van der Waals surface area (Å²) >= 11 is 6.10. The maximum absolute atomic E-state index is 6.10. The number of imidazole rings is 1. The lowest BCUT2D eigenvalue weighted by Gasteiger charge is -2.25. The highest BCUT2D eigenvalue weighted by atomic mass is 35.5. The van der Waals surface area contributed by atoms with Crippen LogP contribution in [0.5, 0.6) is 0 Å². The average molecular weight is 228 g/mol. The summed E-state index contributed by atoms with van der Waals surface area (Å²) in [5.41, 5.74) is 1.30. The van der Waals surface area contributed by atoms with Crippen molar-refractivity contribution in [3.05, 3.63) is 17.2 Å². The SMILES string of the molecule is CC(C)n1c(C2CCNCC2)cnc1Cl. The second-order valence-electron chi connectivity index (χ2n) is 4.44. The van der Waals surface area contributed by atoms with Gasteiger partial charge in [0.15, 0.2) is 0 Å². The summed E-state index contributed by atoms with van der Waals surface area (Å²) in [6.45, 7) is 6.51. The number of piperidine rings is 1. The van der Waals surface area contributed by atoms with Crippen LogP contribution in [0.2, 0.25) is 5.28 Å². The van der Waals surface area contributed by atoms with E-state index < -0.39 is 0 Å².